The van der Waals surface area contributed by atoms with Gasteiger partial charge < -0.3 is 10.1 Å². The standard InChI is InChI=1S/C24H23N3O3/c1-30-23(29)13-12-17-15-25-16-20-21(28)14-22(26-18-8-4-2-5-9-18)27(24(17)20)19-10-6-3-7-11-19/h3-4,6-11,14-16,26H,2,5,12-13H2,1H3. The molecule has 2 heterocycles. The van der Waals surface area contributed by atoms with Gasteiger partial charge in [-0.05, 0) is 43.0 Å². The number of ether oxygens (including phenoxy) is 1. The lowest BCUT2D eigenvalue weighted by Gasteiger charge is -2.21. The molecule has 6 heteroatoms. The molecule has 0 spiro atoms. The lowest BCUT2D eigenvalue weighted by atomic mass is 10.1. The number of hydrogen-bond acceptors (Lipinski definition) is 5. The molecule has 4 rings (SSSR count). The highest BCUT2D eigenvalue weighted by Gasteiger charge is 2.16. The number of nitrogens with one attached hydrogen (secondary N) is 1. The summed E-state index contributed by atoms with van der Waals surface area (Å²) in [4.78, 5) is 28.9. The number of aryl methyl sites for hydroxylation is 1. The van der Waals surface area contributed by atoms with Gasteiger partial charge in [0.2, 0.25) is 0 Å². The third-order valence-corrected chi connectivity index (χ3v) is 5.10. The van der Waals surface area contributed by atoms with Crippen molar-refractivity contribution in [2.24, 2.45) is 0 Å². The average molecular weight is 401 g/mol. The molecule has 1 aliphatic rings. The lowest BCUT2D eigenvalue weighted by molar-refractivity contribution is -0.140. The van der Waals surface area contributed by atoms with E-state index in [1.165, 1.54) is 7.11 Å². The molecule has 0 unspecified atom stereocenters. The fourth-order valence-electron chi connectivity index (χ4n) is 3.64. The van der Waals surface area contributed by atoms with E-state index in [1.807, 2.05) is 41.0 Å². The summed E-state index contributed by atoms with van der Waals surface area (Å²) in [7, 11) is 1.37. The number of carbonyl (C=O) groups excluding carboxylic acids is 1. The van der Waals surface area contributed by atoms with Crippen molar-refractivity contribution in [3.63, 3.8) is 0 Å². The van der Waals surface area contributed by atoms with Gasteiger partial charge in [-0.3, -0.25) is 19.1 Å². The number of methoxy groups -OCH3 is 1. The molecule has 0 radical (unpaired) electrons. The number of anilines is 1. The highest BCUT2D eigenvalue weighted by Crippen LogP contribution is 2.27. The van der Waals surface area contributed by atoms with Gasteiger partial charge in [0.25, 0.3) is 0 Å². The number of esters is 1. The zero-order valence-corrected chi connectivity index (χ0v) is 16.8. The molecule has 0 saturated carbocycles. The van der Waals surface area contributed by atoms with Crippen LogP contribution in [0.3, 0.4) is 0 Å². The molecule has 1 aliphatic carbocycles. The maximum Gasteiger partial charge on any atom is 0.305 e. The lowest BCUT2D eigenvalue weighted by Crippen LogP contribution is -2.16. The van der Waals surface area contributed by atoms with Crippen LogP contribution in [0.4, 0.5) is 5.82 Å². The Morgan fingerprint density at radius 2 is 2.03 bits per heavy atom. The van der Waals surface area contributed by atoms with E-state index in [1.54, 1.807) is 18.5 Å². The van der Waals surface area contributed by atoms with Crippen LogP contribution in [0.1, 0.15) is 24.8 Å². The predicted octanol–water partition coefficient (Wildman–Crippen LogP) is 4.14. The Bertz CT molecular complexity index is 1190. The number of carbonyl (C=O) groups is 1. The van der Waals surface area contributed by atoms with Crippen molar-refractivity contribution in [1.29, 1.82) is 0 Å². The third-order valence-electron chi connectivity index (χ3n) is 5.10. The van der Waals surface area contributed by atoms with Crippen LogP contribution in [-0.2, 0) is 16.0 Å². The van der Waals surface area contributed by atoms with Crippen molar-refractivity contribution < 1.29 is 9.53 Å². The number of fused-ring (bicyclic) bond motifs is 1. The molecule has 3 aromatic rings. The zero-order valence-electron chi connectivity index (χ0n) is 16.8. The van der Waals surface area contributed by atoms with Gasteiger partial charge in [0.05, 0.1) is 18.0 Å². The SMILES string of the molecule is COC(=O)CCc1cncc2c(=O)cc(NC3=CCCC=C3)n(-c3ccccc3)c12. The largest absolute Gasteiger partial charge is 0.469 e. The predicted molar refractivity (Wildman–Crippen MR) is 118 cm³/mol. The molecule has 0 saturated heterocycles. The summed E-state index contributed by atoms with van der Waals surface area (Å²) in [5.41, 5.74) is 3.31. The average Bonchev–Trinajstić information content (AvgIpc) is 2.79. The summed E-state index contributed by atoms with van der Waals surface area (Å²) in [5.74, 6) is 0.370. The van der Waals surface area contributed by atoms with Gasteiger partial charge in [-0.1, -0.05) is 30.4 Å². The molecule has 0 bridgehead atoms. The summed E-state index contributed by atoms with van der Waals surface area (Å²) < 4.78 is 6.81. The maximum absolute atomic E-state index is 12.9. The Hall–Kier alpha value is -3.67. The van der Waals surface area contributed by atoms with Gasteiger partial charge in [0.15, 0.2) is 5.43 Å². The van der Waals surface area contributed by atoms with E-state index in [0.29, 0.717) is 17.6 Å². The Balaban J connectivity index is 1.94. The van der Waals surface area contributed by atoms with Crippen LogP contribution in [0.25, 0.3) is 16.6 Å². The van der Waals surface area contributed by atoms with E-state index in [-0.39, 0.29) is 17.8 Å². The number of benzene rings is 1. The number of hydrogen-bond donors (Lipinski definition) is 1. The Morgan fingerprint density at radius 1 is 1.20 bits per heavy atom. The van der Waals surface area contributed by atoms with Crippen LogP contribution < -0.4 is 10.7 Å². The van der Waals surface area contributed by atoms with Crippen LogP contribution in [-0.4, -0.2) is 22.6 Å². The Kier molecular flexibility index (Phi) is 5.75. The van der Waals surface area contributed by atoms with Crippen LogP contribution in [0, 0.1) is 0 Å². The van der Waals surface area contributed by atoms with Gasteiger partial charge >= 0.3 is 5.97 Å². The summed E-state index contributed by atoms with van der Waals surface area (Å²) in [6.45, 7) is 0. The monoisotopic (exact) mass is 401 g/mol. The molecule has 152 valence electrons. The van der Waals surface area contributed by atoms with Gasteiger partial charge in [-0.2, -0.15) is 0 Å². The van der Waals surface area contributed by atoms with E-state index in [0.717, 1.165) is 35.3 Å². The molecule has 6 nitrogen and oxygen atoms in total. The fourth-order valence-corrected chi connectivity index (χ4v) is 3.64. The minimum atomic E-state index is -0.299. The Labute approximate surface area is 174 Å². The van der Waals surface area contributed by atoms with E-state index in [2.05, 4.69) is 22.5 Å². The minimum Gasteiger partial charge on any atom is -0.469 e. The van der Waals surface area contributed by atoms with Crippen LogP contribution in [0.15, 0.2) is 77.5 Å². The molecule has 2 aromatic heterocycles. The second-order valence-electron chi connectivity index (χ2n) is 7.10. The van der Waals surface area contributed by atoms with Gasteiger partial charge in [-0.25, -0.2) is 0 Å². The topological polar surface area (TPSA) is 73.2 Å². The number of aromatic nitrogens is 2. The molecular weight excluding hydrogens is 378 g/mol. The van der Waals surface area contributed by atoms with Crippen molar-refractivity contribution in [3.05, 3.63) is 88.5 Å². The van der Waals surface area contributed by atoms with Crippen LogP contribution in [0.2, 0.25) is 0 Å². The summed E-state index contributed by atoms with van der Waals surface area (Å²) in [6, 6.07) is 11.4. The summed E-state index contributed by atoms with van der Waals surface area (Å²) in [6.07, 6.45) is 12.2. The molecule has 0 fully saturated rings. The van der Waals surface area contributed by atoms with Gasteiger partial charge in [0, 0.05) is 36.3 Å². The van der Waals surface area contributed by atoms with Crippen molar-refractivity contribution >= 4 is 22.7 Å². The van der Waals surface area contributed by atoms with E-state index in [4.69, 9.17) is 4.74 Å². The molecular formula is C24H23N3O3. The normalized spacial score (nSPS) is 13.2. The van der Waals surface area contributed by atoms with Crippen molar-refractivity contribution in [1.82, 2.24) is 9.55 Å². The van der Waals surface area contributed by atoms with Crippen LogP contribution >= 0.6 is 0 Å². The number of para-hydroxylation sites is 1. The number of pyridine rings is 2. The first-order valence-corrected chi connectivity index (χ1v) is 9.96. The van der Waals surface area contributed by atoms with Crippen LogP contribution in [0.5, 0.6) is 0 Å². The highest BCUT2D eigenvalue weighted by molar-refractivity contribution is 5.86. The van der Waals surface area contributed by atoms with Gasteiger partial charge in [-0.15, -0.1) is 0 Å². The first-order chi connectivity index (χ1) is 14.7. The maximum atomic E-state index is 12.9. The summed E-state index contributed by atoms with van der Waals surface area (Å²) in [5, 5.41) is 3.92. The number of allylic oxidation sites excluding steroid dienone is 3. The van der Waals surface area contributed by atoms with E-state index >= 15 is 0 Å². The molecule has 0 amide bonds. The number of rotatable bonds is 6. The van der Waals surface area contributed by atoms with E-state index in [9.17, 15) is 9.59 Å². The van der Waals surface area contributed by atoms with Gasteiger partial charge in [0.1, 0.15) is 5.82 Å². The molecule has 0 atom stereocenters. The molecule has 30 heavy (non-hydrogen) atoms. The zero-order chi connectivity index (χ0) is 20.9. The molecule has 1 aromatic carbocycles. The number of nitrogens with zero attached hydrogens (tertiary/aromatic N) is 2. The third kappa shape index (κ3) is 4.03. The first-order valence-electron chi connectivity index (χ1n) is 9.96. The van der Waals surface area contributed by atoms with Crippen molar-refractivity contribution in [3.8, 4) is 5.69 Å². The highest BCUT2D eigenvalue weighted by atomic mass is 16.5. The molecule has 0 aliphatic heterocycles. The Morgan fingerprint density at radius 3 is 2.77 bits per heavy atom. The fraction of sp³-hybridized carbons (Fsp3) is 0.208. The van der Waals surface area contributed by atoms with Crippen molar-refractivity contribution in [2.75, 3.05) is 12.4 Å². The second-order valence-corrected chi connectivity index (χ2v) is 7.10. The first kappa shape index (κ1) is 19.6. The van der Waals surface area contributed by atoms with Crippen molar-refractivity contribution in [2.45, 2.75) is 25.7 Å². The molecule has 1 N–H and O–H groups in total. The minimum absolute atomic E-state index is 0.118. The summed E-state index contributed by atoms with van der Waals surface area (Å²) >= 11 is 0. The quantitative estimate of drug-likeness (QED) is 0.629. The second kappa shape index (κ2) is 8.78. The van der Waals surface area contributed by atoms with E-state index < -0.39 is 0 Å². The smallest absolute Gasteiger partial charge is 0.305 e.